The molecule has 0 saturated heterocycles. The maximum atomic E-state index is 5.65. The van der Waals surface area contributed by atoms with Crippen LogP contribution in [-0.4, -0.2) is 6.61 Å². The van der Waals surface area contributed by atoms with Crippen LogP contribution in [0.1, 0.15) is 60.8 Å². The van der Waals surface area contributed by atoms with Gasteiger partial charge >= 0.3 is 0 Å². The number of hydrogen-bond donors (Lipinski definition) is 0. The molecule has 0 N–H and O–H groups in total. The molecule has 1 aliphatic carbocycles. The van der Waals surface area contributed by atoms with Crippen LogP contribution in [0.5, 0.6) is 0 Å². The molecule has 1 nitrogen and oxygen atoms in total. The van der Waals surface area contributed by atoms with Crippen molar-refractivity contribution in [2.45, 2.75) is 58.0 Å². The van der Waals surface area contributed by atoms with E-state index in [-0.39, 0.29) is 0 Å². The Morgan fingerprint density at radius 3 is 2.16 bits per heavy atom. The lowest BCUT2D eigenvalue weighted by molar-refractivity contribution is 0.125. The highest BCUT2D eigenvalue weighted by Gasteiger charge is 2.19. The SMILES string of the molecule is C=CCCOCc1ccc(CC[C@H]2CC[C@H](C=Cc3ccc(CC=C)cc3)CC2)cc1. The van der Waals surface area contributed by atoms with E-state index in [1.807, 2.05) is 12.2 Å². The Morgan fingerprint density at radius 1 is 0.806 bits per heavy atom. The van der Waals surface area contributed by atoms with Crippen LogP contribution < -0.4 is 0 Å². The highest BCUT2D eigenvalue weighted by molar-refractivity contribution is 5.50. The van der Waals surface area contributed by atoms with Crippen LogP contribution in [0, 0.1) is 11.8 Å². The maximum absolute atomic E-state index is 5.65. The van der Waals surface area contributed by atoms with E-state index >= 15 is 0 Å². The number of rotatable bonds is 12. The van der Waals surface area contributed by atoms with Crippen molar-refractivity contribution in [1.82, 2.24) is 0 Å². The third-order valence-corrected chi connectivity index (χ3v) is 6.41. The molecule has 2 aromatic carbocycles. The van der Waals surface area contributed by atoms with Gasteiger partial charge in [0.25, 0.3) is 0 Å². The van der Waals surface area contributed by atoms with E-state index in [1.54, 1.807) is 0 Å². The number of benzene rings is 2. The van der Waals surface area contributed by atoms with Crippen molar-refractivity contribution in [3.63, 3.8) is 0 Å². The number of hydrogen-bond acceptors (Lipinski definition) is 1. The zero-order valence-corrected chi connectivity index (χ0v) is 19.0. The highest BCUT2D eigenvalue weighted by atomic mass is 16.5. The molecule has 2 aromatic rings. The molecule has 0 spiro atoms. The highest BCUT2D eigenvalue weighted by Crippen LogP contribution is 2.32. The molecule has 0 heterocycles. The molecular weight excluding hydrogens is 376 g/mol. The lowest BCUT2D eigenvalue weighted by atomic mass is 9.79. The minimum absolute atomic E-state index is 0.699. The van der Waals surface area contributed by atoms with Gasteiger partial charge in [0.15, 0.2) is 0 Å². The lowest BCUT2D eigenvalue weighted by Crippen LogP contribution is -2.13. The van der Waals surface area contributed by atoms with Gasteiger partial charge in [0.1, 0.15) is 0 Å². The van der Waals surface area contributed by atoms with E-state index in [2.05, 4.69) is 73.8 Å². The summed E-state index contributed by atoms with van der Waals surface area (Å²) in [4.78, 5) is 0. The van der Waals surface area contributed by atoms with Gasteiger partial charge in [0.05, 0.1) is 13.2 Å². The summed E-state index contributed by atoms with van der Waals surface area (Å²) in [5.41, 5.74) is 5.36. The largest absolute Gasteiger partial charge is 0.376 e. The Morgan fingerprint density at radius 2 is 1.48 bits per heavy atom. The Bertz CT molecular complexity index is 804. The molecular formula is C30H38O. The second-order valence-corrected chi connectivity index (χ2v) is 8.86. The van der Waals surface area contributed by atoms with Gasteiger partial charge in [0, 0.05) is 0 Å². The molecule has 3 rings (SSSR count). The molecule has 0 atom stereocenters. The van der Waals surface area contributed by atoms with Crippen molar-refractivity contribution >= 4 is 6.08 Å². The van der Waals surface area contributed by atoms with Crippen molar-refractivity contribution in [3.05, 3.63) is 102 Å². The van der Waals surface area contributed by atoms with Gasteiger partial charge < -0.3 is 4.74 Å². The fraction of sp³-hybridized carbons (Fsp3) is 0.400. The molecule has 0 aliphatic heterocycles. The van der Waals surface area contributed by atoms with Crippen molar-refractivity contribution in [2.75, 3.05) is 6.61 Å². The zero-order chi connectivity index (χ0) is 21.7. The van der Waals surface area contributed by atoms with Gasteiger partial charge in [-0.05, 0) is 85.5 Å². The second kappa shape index (κ2) is 13.1. The monoisotopic (exact) mass is 414 g/mol. The van der Waals surface area contributed by atoms with E-state index in [1.165, 1.54) is 60.8 Å². The quantitative estimate of drug-likeness (QED) is 0.253. The zero-order valence-electron chi connectivity index (χ0n) is 19.0. The normalized spacial score (nSPS) is 18.8. The van der Waals surface area contributed by atoms with E-state index in [9.17, 15) is 0 Å². The van der Waals surface area contributed by atoms with E-state index in [0.29, 0.717) is 6.61 Å². The van der Waals surface area contributed by atoms with Crippen molar-refractivity contribution < 1.29 is 4.74 Å². The Hall–Kier alpha value is -2.38. The summed E-state index contributed by atoms with van der Waals surface area (Å²) in [6.45, 7) is 8.99. The smallest absolute Gasteiger partial charge is 0.0717 e. The molecule has 0 unspecified atom stereocenters. The van der Waals surface area contributed by atoms with Crippen molar-refractivity contribution in [1.29, 1.82) is 0 Å². The third-order valence-electron chi connectivity index (χ3n) is 6.41. The minimum atomic E-state index is 0.699. The molecule has 1 heteroatoms. The average molecular weight is 415 g/mol. The summed E-state index contributed by atoms with van der Waals surface area (Å²) in [7, 11) is 0. The van der Waals surface area contributed by atoms with E-state index in [4.69, 9.17) is 4.74 Å². The fourth-order valence-corrected chi connectivity index (χ4v) is 4.38. The molecule has 0 aromatic heterocycles. The summed E-state index contributed by atoms with van der Waals surface area (Å²) in [5.74, 6) is 1.62. The van der Waals surface area contributed by atoms with E-state index < -0.39 is 0 Å². The number of aryl methyl sites for hydroxylation is 1. The van der Waals surface area contributed by atoms with Crippen LogP contribution in [0.15, 0.2) is 79.9 Å². The first-order valence-electron chi connectivity index (χ1n) is 11.9. The van der Waals surface area contributed by atoms with Gasteiger partial charge in [-0.1, -0.05) is 72.8 Å². The molecule has 1 fully saturated rings. The van der Waals surface area contributed by atoms with Gasteiger partial charge in [-0.15, -0.1) is 13.2 Å². The van der Waals surface area contributed by atoms with Crippen molar-refractivity contribution in [2.24, 2.45) is 11.8 Å². The minimum Gasteiger partial charge on any atom is -0.376 e. The first kappa shape index (κ1) is 23.3. The van der Waals surface area contributed by atoms with Crippen LogP contribution in [0.25, 0.3) is 6.08 Å². The molecule has 164 valence electrons. The first-order chi connectivity index (χ1) is 15.3. The third kappa shape index (κ3) is 8.34. The standard InChI is InChI=1S/C30H38O/c1-3-5-23-31-24-30-21-19-29(20-22-30)18-17-28-15-13-27(14-16-28)12-11-26-9-7-25(6-4-2)8-10-26/h3-4,7-12,19-22,27-28H,1-2,5-6,13-18,23-24H2/t27-,28-. The predicted octanol–water partition coefficient (Wildman–Crippen LogP) is 7.96. The molecule has 1 aliphatic rings. The van der Waals surface area contributed by atoms with Gasteiger partial charge in [-0.2, -0.15) is 0 Å². The number of ether oxygens (including phenoxy) is 1. The van der Waals surface area contributed by atoms with Crippen LogP contribution in [0.4, 0.5) is 0 Å². The topological polar surface area (TPSA) is 9.23 Å². The Labute approximate surface area is 189 Å². The maximum Gasteiger partial charge on any atom is 0.0717 e. The fourth-order valence-electron chi connectivity index (χ4n) is 4.38. The van der Waals surface area contributed by atoms with Gasteiger partial charge in [0.2, 0.25) is 0 Å². The summed E-state index contributed by atoms with van der Waals surface area (Å²) in [5, 5.41) is 0. The van der Waals surface area contributed by atoms with Gasteiger partial charge in [-0.25, -0.2) is 0 Å². The van der Waals surface area contributed by atoms with Crippen LogP contribution in [-0.2, 0) is 24.2 Å². The Balaban J connectivity index is 1.35. The van der Waals surface area contributed by atoms with Crippen molar-refractivity contribution in [3.8, 4) is 0 Å². The molecule has 0 radical (unpaired) electrons. The van der Waals surface area contributed by atoms with Gasteiger partial charge in [-0.3, -0.25) is 0 Å². The van der Waals surface area contributed by atoms with Crippen LogP contribution in [0.3, 0.4) is 0 Å². The molecule has 0 bridgehead atoms. The molecule has 0 amide bonds. The second-order valence-electron chi connectivity index (χ2n) is 8.86. The summed E-state index contributed by atoms with van der Waals surface area (Å²) < 4.78 is 5.65. The lowest BCUT2D eigenvalue weighted by Gasteiger charge is -2.26. The van der Waals surface area contributed by atoms with E-state index in [0.717, 1.165) is 31.3 Å². The summed E-state index contributed by atoms with van der Waals surface area (Å²) in [6.07, 6.45) is 18.4. The summed E-state index contributed by atoms with van der Waals surface area (Å²) in [6, 6.07) is 17.9. The number of allylic oxidation sites excluding steroid dienone is 2. The summed E-state index contributed by atoms with van der Waals surface area (Å²) >= 11 is 0. The Kier molecular flexibility index (Phi) is 9.86. The predicted molar refractivity (Wildman–Crippen MR) is 134 cm³/mol. The van der Waals surface area contributed by atoms with Crippen LogP contribution >= 0.6 is 0 Å². The molecule has 31 heavy (non-hydrogen) atoms. The molecule has 1 saturated carbocycles. The first-order valence-corrected chi connectivity index (χ1v) is 11.9. The van der Waals surface area contributed by atoms with Crippen LogP contribution in [0.2, 0.25) is 0 Å². The average Bonchev–Trinajstić information content (AvgIpc) is 2.82.